The molecule has 2 amide bonds. The van der Waals surface area contributed by atoms with Crippen molar-refractivity contribution in [3.05, 3.63) is 0 Å². The van der Waals surface area contributed by atoms with Gasteiger partial charge in [-0.2, -0.15) is 0 Å². The minimum atomic E-state index is -0.636. The second kappa shape index (κ2) is 8.07. The third-order valence-electron chi connectivity index (χ3n) is 6.26. The molecule has 25 heavy (non-hydrogen) atoms. The Morgan fingerprint density at radius 3 is 1.76 bits per heavy atom. The number of hydrogen-bond donors (Lipinski definition) is 2. The first-order valence-corrected chi connectivity index (χ1v) is 9.17. The average Bonchev–Trinajstić information content (AvgIpc) is 2.46. The summed E-state index contributed by atoms with van der Waals surface area (Å²) < 4.78 is 0. The highest BCUT2D eigenvalue weighted by Crippen LogP contribution is 2.43. The molecule has 0 saturated carbocycles. The fraction of sp³-hybridized carbons (Fsp3) is 0.900. The van der Waals surface area contributed by atoms with Crippen LogP contribution in [-0.4, -0.2) is 48.6 Å². The summed E-state index contributed by atoms with van der Waals surface area (Å²) in [5.74, 6) is 0.0111. The molecule has 0 rings (SSSR count). The van der Waals surface area contributed by atoms with E-state index < -0.39 is 10.8 Å². The molecular weight excluding hydrogens is 316 g/mol. The summed E-state index contributed by atoms with van der Waals surface area (Å²) in [7, 11) is 1.81. The number of aliphatic hydroxyl groups is 1. The summed E-state index contributed by atoms with van der Waals surface area (Å²) >= 11 is 0. The van der Waals surface area contributed by atoms with Crippen LogP contribution in [0.1, 0.15) is 68.7 Å². The maximum Gasteiger partial charge on any atom is 0.228 e. The third kappa shape index (κ3) is 5.44. The Balaban J connectivity index is 5.26. The van der Waals surface area contributed by atoms with E-state index in [2.05, 4.69) is 26.1 Å². The van der Waals surface area contributed by atoms with Crippen LogP contribution in [0, 0.1) is 21.7 Å². The number of rotatable bonds is 7. The Morgan fingerprint density at radius 2 is 1.40 bits per heavy atom. The lowest BCUT2D eigenvalue weighted by molar-refractivity contribution is -0.147. The molecular formula is C20H40N2O3. The second-order valence-electron chi connectivity index (χ2n) is 9.91. The highest BCUT2D eigenvalue weighted by Gasteiger charge is 2.45. The topological polar surface area (TPSA) is 69.6 Å². The second-order valence-corrected chi connectivity index (χ2v) is 9.91. The van der Waals surface area contributed by atoms with Crippen LogP contribution in [0.2, 0.25) is 0 Å². The predicted molar refractivity (Wildman–Crippen MR) is 103 cm³/mol. The van der Waals surface area contributed by atoms with Gasteiger partial charge in [0.25, 0.3) is 0 Å². The van der Waals surface area contributed by atoms with E-state index in [0.29, 0.717) is 13.0 Å². The molecule has 0 aromatic carbocycles. The lowest BCUT2D eigenvalue weighted by Crippen LogP contribution is -2.51. The van der Waals surface area contributed by atoms with Gasteiger partial charge in [0.05, 0.1) is 12.0 Å². The number of hydrogen-bond acceptors (Lipinski definition) is 3. The van der Waals surface area contributed by atoms with Gasteiger partial charge in [-0.1, -0.05) is 62.3 Å². The Labute approximate surface area is 154 Å². The molecule has 0 radical (unpaired) electrons. The SMILES string of the molecule is CN(CCC(C)(C(=O)NCCO)C(C)(C)C)C(=O)C(C)(C)C(C)(C)C. The van der Waals surface area contributed by atoms with Crippen LogP contribution in [0.25, 0.3) is 0 Å². The molecule has 148 valence electrons. The summed E-state index contributed by atoms with van der Waals surface area (Å²) in [6.07, 6.45) is 0.566. The molecule has 0 aliphatic rings. The molecule has 0 aliphatic carbocycles. The molecule has 0 fully saturated rings. The van der Waals surface area contributed by atoms with Crippen LogP contribution in [0.3, 0.4) is 0 Å². The van der Waals surface area contributed by atoms with Crippen LogP contribution in [0.5, 0.6) is 0 Å². The Kier molecular flexibility index (Phi) is 7.71. The summed E-state index contributed by atoms with van der Waals surface area (Å²) in [4.78, 5) is 27.3. The Morgan fingerprint density at radius 1 is 0.920 bits per heavy atom. The molecule has 0 aromatic rings. The average molecular weight is 357 g/mol. The van der Waals surface area contributed by atoms with Crippen molar-refractivity contribution in [3.63, 3.8) is 0 Å². The van der Waals surface area contributed by atoms with Gasteiger partial charge in [0.2, 0.25) is 11.8 Å². The van der Waals surface area contributed by atoms with E-state index in [0.717, 1.165) is 0 Å². The van der Waals surface area contributed by atoms with Crippen molar-refractivity contribution in [3.8, 4) is 0 Å². The molecule has 1 atom stereocenters. The van der Waals surface area contributed by atoms with Crippen LogP contribution < -0.4 is 5.32 Å². The number of nitrogens with one attached hydrogen (secondary N) is 1. The number of nitrogens with zero attached hydrogens (tertiary/aromatic N) is 1. The molecule has 0 heterocycles. The summed E-state index contributed by atoms with van der Waals surface area (Å²) in [5, 5.41) is 11.8. The van der Waals surface area contributed by atoms with Gasteiger partial charge in [0.15, 0.2) is 0 Å². The number of amides is 2. The zero-order valence-corrected chi connectivity index (χ0v) is 18.0. The first-order chi connectivity index (χ1) is 11.0. The molecule has 0 bridgehead atoms. The molecule has 1 unspecified atom stereocenters. The largest absolute Gasteiger partial charge is 0.395 e. The van der Waals surface area contributed by atoms with Gasteiger partial charge in [-0.15, -0.1) is 0 Å². The van der Waals surface area contributed by atoms with E-state index in [1.54, 1.807) is 4.90 Å². The highest BCUT2D eigenvalue weighted by atomic mass is 16.3. The summed E-state index contributed by atoms with van der Waals surface area (Å²) in [6.45, 7) is 18.9. The van der Waals surface area contributed by atoms with E-state index in [9.17, 15) is 9.59 Å². The predicted octanol–water partition coefficient (Wildman–Crippen LogP) is 3.07. The molecule has 0 aliphatic heterocycles. The van der Waals surface area contributed by atoms with Gasteiger partial charge in [0.1, 0.15) is 0 Å². The van der Waals surface area contributed by atoms with Crippen molar-refractivity contribution in [2.45, 2.75) is 68.7 Å². The first kappa shape index (κ1) is 23.9. The van der Waals surface area contributed by atoms with Gasteiger partial charge in [-0.25, -0.2) is 0 Å². The van der Waals surface area contributed by atoms with Gasteiger partial charge in [-0.3, -0.25) is 9.59 Å². The minimum Gasteiger partial charge on any atom is -0.395 e. The molecule has 5 heteroatoms. The van der Waals surface area contributed by atoms with Gasteiger partial charge in [-0.05, 0) is 17.3 Å². The smallest absolute Gasteiger partial charge is 0.228 e. The first-order valence-electron chi connectivity index (χ1n) is 9.17. The lowest BCUT2D eigenvalue weighted by Gasteiger charge is -2.43. The van der Waals surface area contributed by atoms with Gasteiger partial charge >= 0.3 is 0 Å². The lowest BCUT2D eigenvalue weighted by atomic mass is 9.65. The van der Waals surface area contributed by atoms with Crippen LogP contribution in [-0.2, 0) is 9.59 Å². The van der Waals surface area contributed by atoms with Crippen LogP contribution in [0.4, 0.5) is 0 Å². The van der Waals surface area contributed by atoms with Crippen molar-refractivity contribution in [2.24, 2.45) is 21.7 Å². The van der Waals surface area contributed by atoms with Gasteiger partial charge in [0, 0.05) is 25.6 Å². The standard InChI is InChI=1S/C20H40N2O3/c1-17(2,3)19(7,8)16(25)22(10)13-11-20(9,18(4,5)6)15(24)21-12-14-23/h23H,11-14H2,1-10H3,(H,21,24). The van der Waals surface area contributed by atoms with E-state index in [1.807, 2.05) is 48.6 Å². The van der Waals surface area contributed by atoms with Crippen molar-refractivity contribution in [1.29, 1.82) is 0 Å². The monoisotopic (exact) mass is 356 g/mol. The van der Waals surface area contributed by atoms with E-state index in [-0.39, 0.29) is 35.8 Å². The molecule has 5 nitrogen and oxygen atoms in total. The van der Waals surface area contributed by atoms with Crippen molar-refractivity contribution >= 4 is 11.8 Å². The zero-order chi connectivity index (χ0) is 20.3. The molecule has 0 spiro atoms. The summed E-state index contributed by atoms with van der Waals surface area (Å²) in [6, 6.07) is 0. The van der Waals surface area contributed by atoms with E-state index in [4.69, 9.17) is 5.11 Å². The third-order valence-corrected chi connectivity index (χ3v) is 6.26. The molecule has 0 saturated heterocycles. The number of carbonyl (C=O) groups excluding carboxylic acids is 2. The maximum absolute atomic E-state index is 12.9. The zero-order valence-electron chi connectivity index (χ0n) is 18.0. The fourth-order valence-corrected chi connectivity index (χ4v) is 2.48. The van der Waals surface area contributed by atoms with E-state index >= 15 is 0 Å². The van der Waals surface area contributed by atoms with Crippen LogP contribution in [0.15, 0.2) is 0 Å². The fourth-order valence-electron chi connectivity index (χ4n) is 2.48. The van der Waals surface area contributed by atoms with E-state index in [1.165, 1.54) is 0 Å². The highest BCUT2D eigenvalue weighted by molar-refractivity contribution is 5.84. The maximum atomic E-state index is 12.9. The quantitative estimate of drug-likeness (QED) is 0.736. The summed E-state index contributed by atoms with van der Waals surface area (Å²) in [5.41, 5.74) is -1.54. The molecule has 2 N–H and O–H groups in total. The van der Waals surface area contributed by atoms with Crippen molar-refractivity contribution < 1.29 is 14.7 Å². The number of carbonyl (C=O) groups is 2. The van der Waals surface area contributed by atoms with Crippen molar-refractivity contribution in [2.75, 3.05) is 26.7 Å². The normalized spacial score (nSPS) is 15.5. The van der Waals surface area contributed by atoms with Crippen LogP contribution >= 0.6 is 0 Å². The Hall–Kier alpha value is -1.10. The van der Waals surface area contributed by atoms with Crippen molar-refractivity contribution in [1.82, 2.24) is 10.2 Å². The molecule has 0 aromatic heterocycles. The number of aliphatic hydroxyl groups excluding tert-OH is 1. The van der Waals surface area contributed by atoms with Gasteiger partial charge < -0.3 is 15.3 Å². The minimum absolute atomic E-state index is 0.0787. The Bertz CT molecular complexity index is 472.